The van der Waals surface area contributed by atoms with Gasteiger partial charge in [-0.1, -0.05) is 6.92 Å². The fourth-order valence-electron chi connectivity index (χ4n) is 1.93. The van der Waals surface area contributed by atoms with Gasteiger partial charge in [-0.25, -0.2) is 0 Å². The lowest BCUT2D eigenvalue weighted by molar-refractivity contribution is -0.143. The number of amides is 1. The van der Waals surface area contributed by atoms with E-state index in [0.717, 1.165) is 13.0 Å². The number of aryl methyl sites for hydroxylation is 1. The number of aromatic nitrogens is 1. The SMILES string of the molecule is CCCN(CC(=O)OCC)C(=O)c1cccn1CC. The van der Waals surface area contributed by atoms with Crippen molar-refractivity contribution in [3.05, 3.63) is 24.0 Å². The third kappa shape index (κ3) is 4.12. The van der Waals surface area contributed by atoms with Crippen molar-refractivity contribution in [1.29, 1.82) is 0 Å². The fourth-order valence-corrected chi connectivity index (χ4v) is 1.93. The average Bonchev–Trinajstić information content (AvgIpc) is 2.86. The Morgan fingerprint density at radius 3 is 2.63 bits per heavy atom. The molecule has 0 aliphatic rings. The van der Waals surface area contributed by atoms with E-state index >= 15 is 0 Å². The Bertz CT molecular complexity index is 426. The first kappa shape index (κ1) is 15.3. The number of nitrogens with zero attached hydrogens (tertiary/aromatic N) is 2. The molecule has 1 rings (SSSR count). The van der Waals surface area contributed by atoms with Crippen molar-refractivity contribution in [2.24, 2.45) is 0 Å². The molecule has 0 spiro atoms. The molecule has 1 aromatic rings. The van der Waals surface area contributed by atoms with Crippen molar-refractivity contribution >= 4 is 11.9 Å². The van der Waals surface area contributed by atoms with E-state index in [2.05, 4.69) is 0 Å². The predicted molar refractivity (Wildman–Crippen MR) is 72.9 cm³/mol. The highest BCUT2D eigenvalue weighted by Crippen LogP contribution is 2.08. The Kier molecular flexibility index (Phi) is 6.12. The summed E-state index contributed by atoms with van der Waals surface area (Å²) in [6.45, 7) is 7.33. The monoisotopic (exact) mass is 266 g/mol. The van der Waals surface area contributed by atoms with Gasteiger partial charge in [-0.15, -0.1) is 0 Å². The lowest BCUT2D eigenvalue weighted by Crippen LogP contribution is -2.38. The van der Waals surface area contributed by atoms with Crippen molar-refractivity contribution in [2.75, 3.05) is 19.7 Å². The van der Waals surface area contributed by atoms with Gasteiger partial charge in [0.15, 0.2) is 0 Å². The van der Waals surface area contributed by atoms with E-state index < -0.39 is 0 Å². The van der Waals surface area contributed by atoms with E-state index in [9.17, 15) is 9.59 Å². The highest BCUT2D eigenvalue weighted by Gasteiger charge is 2.20. The van der Waals surface area contributed by atoms with Gasteiger partial charge in [0.05, 0.1) is 6.61 Å². The van der Waals surface area contributed by atoms with Gasteiger partial charge in [-0.05, 0) is 32.4 Å². The van der Waals surface area contributed by atoms with E-state index in [4.69, 9.17) is 4.74 Å². The van der Waals surface area contributed by atoms with Gasteiger partial charge >= 0.3 is 5.97 Å². The third-order valence-corrected chi connectivity index (χ3v) is 2.80. The van der Waals surface area contributed by atoms with Gasteiger partial charge in [0.1, 0.15) is 12.2 Å². The lowest BCUT2D eigenvalue weighted by atomic mass is 10.3. The van der Waals surface area contributed by atoms with Gasteiger partial charge in [-0.3, -0.25) is 9.59 Å². The number of carbonyl (C=O) groups excluding carboxylic acids is 2. The molecule has 0 saturated carbocycles. The molecule has 0 aliphatic heterocycles. The van der Waals surface area contributed by atoms with Crippen LogP contribution in [0.3, 0.4) is 0 Å². The van der Waals surface area contributed by atoms with Crippen LogP contribution >= 0.6 is 0 Å². The van der Waals surface area contributed by atoms with Crippen molar-refractivity contribution < 1.29 is 14.3 Å². The summed E-state index contributed by atoms with van der Waals surface area (Å²) in [4.78, 5) is 25.5. The average molecular weight is 266 g/mol. The Morgan fingerprint density at radius 1 is 1.32 bits per heavy atom. The van der Waals surface area contributed by atoms with E-state index in [1.165, 1.54) is 0 Å². The predicted octanol–water partition coefficient (Wildman–Crippen LogP) is 1.92. The summed E-state index contributed by atoms with van der Waals surface area (Å²) < 4.78 is 6.77. The van der Waals surface area contributed by atoms with E-state index in [0.29, 0.717) is 18.8 Å². The van der Waals surface area contributed by atoms with Crippen LogP contribution in [-0.2, 0) is 16.1 Å². The maximum atomic E-state index is 12.4. The van der Waals surface area contributed by atoms with Crippen molar-refractivity contribution in [3.8, 4) is 0 Å². The summed E-state index contributed by atoms with van der Waals surface area (Å²) in [5, 5.41) is 0. The summed E-state index contributed by atoms with van der Waals surface area (Å²) in [6, 6.07) is 3.62. The summed E-state index contributed by atoms with van der Waals surface area (Å²) in [6.07, 6.45) is 2.67. The molecule has 5 nitrogen and oxygen atoms in total. The quantitative estimate of drug-likeness (QED) is 0.708. The first-order valence-corrected chi connectivity index (χ1v) is 6.74. The molecule has 0 bridgehead atoms. The first-order chi connectivity index (χ1) is 9.13. The summed E-state index contributed by atoms with van der Waals surface area (Å²) in [5.74, 6) is -0.486. The Morgan fingerprint density at radius 2 is 2.05 bits per heavy atom. The normalized spacial score (nSPS) is 10.3. The first-order valence-electron chi connectivity index (χ1n) is 6.74. The van der Waals surface area contributed by atoms with Crippen LogP contribution in [-0.4, -0.2) is 41.0 Å². The van der Waals surface area contributed by atoms with Crippen LogP contribution in [0.4, 0.5) is 0 Å². The van der Waals surface area contributed by atoms with Crippen molar-refractivity contribution in [3.63, 3.8) is 0 Å². The maximum Gasteiger partial charge on any atom is 0.325 e. The van der Waals surface area contributed by atoms with Crippen LogP contribution in [0.25, 0.3) is 0 Å². The molecule has 0 aromatic carbocycles. The molecule has 1 amide bonds. The molecule has 0 radical (unpaired) electrons. The maximum absolute atomic E-state index is 12.4. The molecule has 106 valence electrons. The van der Waals surface area contributed by atoms with Crippen LogP contribution < -0.4 is 0 Å². The molecule has 0 atom stereocenters. The molecule has 1 aromatic heterocycles. The standard InChI is InChI=1S/C14H22N2O3/c1-4-9-16(11-13(17)19-6-3)14(18)12-8-7-10-15(12)5-2/h7-8,10H,4-6,9,11H2,1-3H3. The topological polar surface area (TPSA) is 51.5 Å². The van der Waals surface area contributed by atoms with Crippen LogP contribution in [0.5, 0.6) is 0 Å². The van der Waals surface area contributed by atoms with Gasteiger partial charge in [0, 0.05) is 19.3 Å². The molecule has 0 saturated heterocycles. The zero-order valence-corrected chi connectivity index (χ0v) is 11.9. The number of hydrogen-bond donors (Lipinski definition) is 0. The largest absolute Gasteiger partial charge is 0.465 e. The van der Waals surface area contributed by atoms with Crippen LogP contribution in [0, 0.1) is 0 Å². The summed E-state index contributed by atoms with van der Waals surface area (Å²) >= 11 is 0. The minimum atomic E-state index is -0.362. The van der Waals surface area contributed by atoms with Gasteiger partial charge < -0.3 is 14.2 Å². The van der Waals surface area contributed by atoms with Gasteiger partial charge in [-0.2, -0.15) is 0 Å². The zero-order chi connectivity index (χ0) is 14.3. The Hall–Kier alpha value is -1.78. The third-order valence-electron chi connectivity index (χ3n) is 2.80. The molecule has 0 N–H and O–H groups in total. The second kappa shape index (κ2) is 7.61. The van der Waals surface area contributed by atoms with E-state index in [1.807, 2.05) is 30.7 Å². The second-order valence-electron chi connectivity index (χ2n) is 4.21. The van der Waals surface area contributed by atoms with Crippen LogP contribution in [0.2, 0.25) is 0 Å². The molecule has 19 heavy (non-hydrogen) atoms. The number of ether oxygens (including phenoxy) is 1. The number of esters is 1. The number of hydrogen-bond acceptors (Lipinski definition) is 3. The Labute approximate surface area is 114 Å². The van der Waals surface area contributed by atoms with Crippen molar-refractivity contribution in [2.45, 2.75) is 33.7 Å². The highest BCUT2D eigenvalue weighted by atomic mass is 16.5. The smallest absolute Gasteiger partial charge is 0.325 e. The van der Waals surface area contributed by atoms with Gasteiger partial charge in [0.2, 0.25) is 0 Å². The summed E-state index contributed by atoms with van der Waals surface area (Å²) in [5.41, 5.74) is 0.611. The van der Waals surface area contributed by atoms with Crippen LogP contribution in [0.15, 0.2) is 18.3 Å². The van der Waals surface area contributed by atoms with Crippen molar-refractivity contribution in [1.82, 2.24) is 9.47 Å². The van der Waals surface area contributed by atoms with Gasteiger partial charge in [0.25, 0.3) is 5.91 Å². The molecule has 5 heteroatoms. The van der Waals surface area contributed by atoms with E-state index in [1.54, 1.807) is 17.9 Å². The molecular weight excluding hydrogens is 244 g/mol. The van der Waals surface area contributed by atoms with Crippen LogP contribution in [0.1, 0.15) is 37.7 Å². The fraction of sp³-hybridized carbons (Fsp3) is 0.571. The molecule has 0 aliphatic carbocycles. The molecular formula is C14H22N2O3. The zero-order valence-electron chi connectivity index (χ0n) is 11.9. The Balaban J connectivity index is 2.80. The second-order valence-corrected chi connectivity index (χ2v) is 4.21. The lowest BCUT2D eigenvalue weighted by Gasteiger charge is -2.21. The highest BCUT2D eigenvalue weighted by molar-refractivity contribution is 5.94. The number of rotatable bonds is 7. The summed E-state index contributed by atoms with van der Waals surface area (Å²) in [7, 11) is 0. The molecule has 0 fully saturated rings. The van der Waals surface area contributed by atoms with E-state index in [-0.39, 0.29) is 18.4 Å². The minimum Gasteiger partial charge on any atom is -0.465 e. The minimum absolute atomic E-state index is 0.00933. The molecule has 1 heterocycles. The molecule has 0 unspecified atom stereocenters. The number of carbonyl (C=O) groups is 2.